The Morgan fingerprint density at radius 3 is 2.12 bits per heavy atom. The van der Waals surface area contributed by atoms with Crippen LogP contribution in [0.1, 0.15) is 24.8 Å². The summed E-state index contributed by atoms with van der Waals surface area (Å²) in [7, 11) is -4.03. The molecule has 1 aromatic carbocycles. The summed E-state index contributed by atoms with van der Waals surface area (Å²) >= 11 is 0. The normalized spacial score (nSPS) is 21.2. The van der Waals surface area contributed by atoms with Gasteiger partial charge in [-0.15, -0.1) is 0 Å². The van der Waals surface area contributed by atoms with Crippen LogP contribution >= 0.6 is 0 Å². The van der Waals surface area contributed by atoms with Gasteiger partial charge in [0.25, 0.3) is 5.60 Å². The van der Waals surface area contributed by atoms with Gasteiger partial charge in [-0.2, -0.15) is 30.6 Å². The van der Waals surface area contributed by atoms with Crippen molar-refractivity contribution in [1.82, 2.24) is 9.29 Å². The number of anilines is 2. The van der Waals surface area contributed by atoms with E-state index in [2.05, 4.69) is 4.98 Å². The summed E-state index contributed by atoms with van der Waals surface area (Å²) in [5, 5.41) is 20.0. The van der Waals surface area contributed by atoms with Crippen molar-refractivity contribution in [3.8, 4) is 0 Å². The molecule has 9 nitrogen and oxygen atoms in total. The highest BCUT2D eigenvalue weighted by Crippen LogP contribution is 2.50. The number of sulfonamides is 1. The molecule has 2 saturated heterocycles. The Labute approximate surface area is 232 Å². The molecule has 2 aromatic rings. The zero-order chi connectivity index (χ0) is 30.3. The molecule has 0 bridgehead atoms. The Kier molecular flexibility index (Phi) is 8.55. The maximum absolute atomic E-state index is 13.4. The fourth-order valence-corrected chi connectivity index (χ4v) is 6.78. The summed E-state index contributed by atoms with van der Waals surface area (Å²) in [6, 6.07) is 5.24. The molecular weight excluding hydrogens is 582 g/mol. The van der Waals surface area contributed by atoms with Crippen molar-refractivity contribution in [3.63, 3.8) is 0 Å². The van der Waals surface area contributed by atoms with E-state index in [0.29, 0.717) is 38.2 Å². The van der Waals surface area contributed by atoms with E-state index in [-0.39, 0.29) is 49.1 Å². The van der Waals surface area contributed by atoms with E-state index in [4.69, 9.17) is 10.5 Å². The van der Waals surface area contributed by atoms with Crippen LogP contribution in [0.15, 0.2) is 47.5 Å². The quantitative estimate of drug-likeness (QED) is 0.407. The second-order valence-corrected chi connectivity index (χ2v) is 12.3. The van der Waals surface area contributed by atoms with Crippen molar-refractivity contribution in [3.05, 3.63) is 48.2 Å². The molecule has 0 radical (unpaired) electrons. The predicted molar refractivity (Wildman–Crippen MR) is 135 cm³/mol. The van der Waals surface area contributed by atoms with Gasteiger partial charge >= 0.3 is 12.4 Å². The highest BCUT2D eigenvalue weighted by Gasteiger charge is 2.71. The summed E-state index contributed by atoms with van der Waals surface area (Å²) in [5.74, 6) is 0.127. The first-order chi connectivity index (χ1) is 19.0. The molecule has 0 saturated carbocycles. The van der Waals surface area contributed by atoms with E-state index in [0.717, 1.165) is 18.3 Å². The van der Waals surface area contributed by atoms with E-state index >= 15 is 0 Å². The van der Waals surface area contributed by atoms with E-state index < -0.39 is 45.0 Å². The first kappa shape index (κ1) is 31.3. The van der Waals surface area contributed by atoms with Crippen molar-refractivity contribution in [1.29, 1.82) is 0 Å². The predicted octanol–water partition coefficient (Wildman–Crippen LogP) is 3.03. The highest BCUT2D eigenvalue weighted by molar-refractivity contribution is 7.89. The largest absolute Gasteiger partial charge is 0.430 e. The van der Waals surface area contributed by atoms with E-state index in [1.54, 1.807) is 4.90 Å². The smallest absolute Gasteiger partial charge is 0.396 e. The van der Waals surface area contributed by atoms with E-state index in [1.165, 1.54) is 16.4 Å². The number of rotatable bonds is 7. The number of halogens is 6. The Hall–Kier alpha value is -2.66. The molecule has 16 heteroatoms. The standard InChI is InChI=1S/C25H30F6N4O5S/c26-24(27,28)23(37,25(29,30)31)17-1-3-18(4-2-17)35-10-9-34(41(38,39)20-5-6-21(32)33-14-20)15-19(35)13-22(16-36)7-11-40-12-8-22/h1-6,14,19,36-37H,7-13,15-16H2,(H2,32,33)/t19-/m0/s1. The van der Waals surface area contributed by atoms with Gasteiger partial charge in [-0.25, -0.2) is 13.4 Å². The molecule has 0 aliphatic carbocycles. The molecule has 228 valence electrons. The number of nitrogens with zero attached hydrogens (tertiary/aromatic N) is 3. The highest BCUT2D eigenvalue weighted by atomic mass is 32.2. The minimum Gasteiger partial charge on any atom is -0.396 e. The summed E-state index contributed by atoms with van der Waals surface area (Å²) in [6.45, 7) is 0.440. The maximum Gasteiger partial charge on any atom is 0.430 e. The van der Waals surface area contributed by atoms with Gasteiger partial charge in [0.15, 0.2) is 0 Å². The average Bonchev–Trinajstić information content (AvgIpc) is 2.92. The van der Waals surface area contributed by atoms with Crippen LogP contribution in [0.3, 0.4) is 0 Å². The van der Waals surface area contributed by atoms with Gasteiger partial charge in [-0.05, 0) is 48.9 Å². The average molecular weight is 613 g/mol. The van der Waals surface area contributed by atoms with Gasteiger partial charge in [0, 0.05) is 62.9 Å². The molecule has 4 rings (SSSR count). The first-order valence-electron chi connectivity index (χ1n) is 12.7. The van der Waals surface area contributed by atoms with Gasteiger partial charge in [-0.1, -0.05) is 12.1 Å². The lowest BCUT2D eigenvalue weighted by Gasteiger charge is -2.47. The summed E-state index contributed by atoms with van der Waals surface area (Å²) in [5.41, 5.74) is -1.30. The number of piperazine rings is 1. The molecule has 3 heterocycles. The monoisotopic (exact) mass is 612 g/mol. The molecule has 0 unspecified atom stereocenters. The van der Waals surface area contributed by atoms with Gasteiger partial charge < -0.3 is 25.6 Å². The summed E-state index contributed by atoms with van der Waals surface area (Å²) in [6.07, 6.45) is -9.70. The number of nitrogen functional groups attached to an aromatic ring is 1. The second kappa shape index (κ2) is 11.2. The van der Waals surface area contributed by atoms with Crippen LogP contribution in [0.5, 0.6) is 0 Å². The van der Waals surface area contributed by atoms with Gasteiger partial charge in [0.1, 0.15) is 10.7 Å². The lowest BCUT2D eigenvalue weighted by atomic mass is 9.75. The van der Waals surface area contributed by atoms with Crippen LogP contribution in [0.2, 0.25) is 0 Å². The minimum absolute atomic E-state index is 0.0464. The molecule has 1 atom stereocenters. The third-order valence-corrected chi connectivity index (χ3v) is 9.69. The number of alkyl halides is 6. The number of nitrogens with two attached hydrogens (primary N) is 1. The van der Waals surface area contributed by atoms with Crippen LogP contribution in [-0.4, -0.2) is 85.8 Å². The zero-order valence-corrected chi connectivity index (χ0v) is 22.5. The van der Waals surface area contributed by atoms with E-state index in [9.17, 15) is 45.0 Å². The lowest BCUT2D eigenvalue weighted by Crippen LogP contribution is -2.57. The number of benzene rings is 1. The number of aromatic nitrogens is 1. The molecule has 2 fully saturated rings. The lowest BCUT2D eigenvalue weighted by molar-refractivity contribution is -0.376. The van der Waals surface area contributed by atoms with Crippen LogP contribution in [-0.2, 0) is 20.4 Å². The van der Waals surface area contributed by atoms with Crippen LogP contribution in [0, 0.1) is 5.41 Å². The molecule has 0 spiro atoms. The molecule has 1 aromatic heterocycles. The Morgan fingerprint density at radius 1 is 1.00 bits per heavy atom. The molecular formula is C25H30F6N4O5S. The number of ether oxygens (including phenoxy) is 1. The fourth-order valence-electron chi connectivity index (χ4n) is 5.37. The van der Waals surface area contributed by atoms with Gasteiger partial charge in [0.05, 0.1) is 0 Å². The van der Waals surface area contributed by atoms with Crippen LogP contribution in [0.4, 0.5) is 37.8 Å². The first-order valence-corrected chi connectivity index (χ1v) is 14.1. The van der Waals surface area contributed by atoms with Crippen LogP contribution < -0.4 is 10.6 Å². The SMILES string of the molecule is Nc1ccc(S(=O)(=O)N2CCN(c3ccc(C(O)(C(F)(F)F)C(F)(F)F)cc3)[C@@H](CC3(CO)CCOCC3)C2)cn1. The van der Waals surface area contributed by atoms with Crippen molar-refractivity contribution >= 4 is 21.5 Å². The Bertz CT molecular complexity index is 1290. The van der Waals surface area contributed by atoms with E-state index in [1.807, 2.05) is 0 Å². The molecule has 4 N–H and O–H groups in total. The summed E-state index contributed by atoms with van der Waals surface area (Å²) < 4.78 is 114. The minimum atomic E-state index is -6.02. The van der Waals surface area contributed by atoms with Crippen molar-refractivity contribution in [2.45, 2.75) is 48.2 Å². The number of pyridine rings is 1. The molecule has 41 heavy (non-hydrogen) atoms. The third kappa shape index (κ3) is 5.98. The number of hydrogen-bond donors (Lipinski definition) is 3. The summed E-state index contributed by atoms with van der Waals surface area (Å²) in [4.78, 5) is 5.44. The topological polar surface area (TPSA) is 129 Å². The maximum atomic E-state index is 13.4. The van der Waals surface area contributed by atoms with Crippen molar-refractivity contribution in [2.24, 2.45) is 5.41 Å². The van der Waals surface area contributed by atoms with Crippen molar-refractivity contribution in [2.75, 3.05) is 50.1 Å². The number of hydrogen-bond acceptors (Lipinski definition) is 8. The molecule has 2 aliphatic rings. The van der Waals surface area contributed by atoms with Crippen molar-refractivity contribution < 1.29 is 49.7 Å². The second-order valence-electron chi connectivity index (χ2n) is 10.4. The molecule has 2 aliphatic heterocycles. The third-order valence-electron chi connectivity index (χ3n) is 7.84. The van der Waals surface area contributed by atoms with Crippen LogP contribution in [0.25, 0.3) is 0 Å². The number of aliphatic hydroxyl groups excluding tert-OH is 1. The van der Waals surface area contributed by atoms with Gasteiger partial charge in [-0.3, -0.25) is 0 Å². The van der Waals surface area contributed by atoms with Gasteiger partial charge in [0.2, 0.25) is 10.0 Å². The molecule has 0 amide bonds. The number of aliphatic hydroxyl groups is 2. The Morgan fingerprint density at radius 2 is 1.61 bits per heavy atom. The zero-order valence-electron chi connectivity index (χ0n) is 21.7. The Balaban J connectivity index is 1.68. The fraction of sp³-hybridized carbons (Fsp3) is 0.560.